The van der Waals surface area contributed by atoms with Gasteiger partial charge in [-0.25, -0.2) is 4.79 Å². The molecule has 1 aromatic rings. The van der Waals surface area contributed by atoms with Gasteiger partial charge in [0.25, 0.3) is 0 Å². The Hall–Kier alpha value is -1.27. The van der Waals surface area contributed by atoms with E-state index < -0.39 is 6.10 Å². The summed E-state index contributed by atoms with van der Waals surface area (Å²) in [6.45, 7) is 4.51. The highest BCUT2D eigenvalue weighted by Crippen LogP contribution is 2.28. The summed E-state index contributed by atoms with van der Waals surface area (Å²) < 4.78 is 6.29. The molecule has 0 aliphatic rings. The van der Waals surface area contributed by atoms with Crippen LogP contribution in [0.25, 0.3) is 0 Å². The van der Waals surface area contributed by atoms with Crippen LogP contribution in [-0.2, 0) is 0 Å². The highest BCUT2D eigenvalue weighted by Gasteiger charge is 2.08. The van der Waals surface area contributed by atoms with E-state index in [1.54, 1.807) is 19.1 Å². The second-order valence-corrected chi connectivity index (χ2v) is 5.01. The molecule has 0 fully saturated rings. The second-order valence-electron chi connectivity index (χ2n) is 4.09. The van der Waals surface area contributed by atoms with Gasteiger partial charge in [0.2, 0.25) is 0 Å². The standard InChI is InChI=1S/C13H19BrN2O3/c1-3-19-12-5-4-10(14)8-11(12)16-13(18)15-7-6-9(2)17/h4-5,8-9,17H,3,6-7H2,1-2H3,(H2,15,16,18). The van der Waals surface area contributed by atoms with Gasteiger partial charge in [-0.3, -0.25) is 0 Å². The molecule has 1 atom stereocenters. The molecule has 2 amide bonds. The van der Waals surface area contributed by atoms with Gasteiger partial charge >= 0.3 is 6.03 Å². The number of carbonyl (C=O) groups excluding carboxylic acids is 1. The lowest BCUT2D eigenvalue weighted by Crippen LogP contribution is -2.31. The molecule has 0 aliphatic heterocycles. The smallest absolute Gasteiger partial charge is 0.319 e. The molecule has 0 aliphatic carbocycles. The van der Waals surface area contributed by atoms with E-state index >= 15 is 0 Å². The molecule has 0 spiro atoms. The summed E-state index contributed by atoms with van der Waals surface area (Å²) in [7, 11) is 0. The fourth-order valence-electron chi connectivity index (χ4n) is 1.44. The van der Waals surface area contributed by atoms with Crippen LogP contribution in [0.5, 0.6) is 5.75 Å². The van der Waals surface area contributed by atoms with Gasteiger partial charge in [-0.1, -0.05) is 15.9 Å². The van der Waals surface area contributed by atoms with Crippen molar-refractivity contribution < 1.29 is 14.6 Å². The van der Waals surface area contributed by atoms with E-state index in [1.807, 2.05) is 13.0 Å². The maximum atomic E-state index is 11.7. The van der Waals surface area contributed by atoms with Gasteiger partial charge in [-0.2, -0.15) is 0 Å². The van der Waals surface area contributed by atoms with Gasteiger partial charge in [0.15, 0.2) is 0 Å². The van der Waals surface area contributed by atoms with Crippen molar-refractivity contribution in [1.82, 2.24) is 5.32 Å². The predicted molar refractivity (Wildman–Crippen MR) is 78.6 cm³/mol. The number of amides is 2. The van der Waals surface area contributed by atoms with E-state index in [2.05, 4.69) is 26.6 Å². The van der Waals surface area contributed by atoms with E-state index in [-0.39, 0.29) is 6.03 Å². The van der Waals surface area contributed by atoms with Crippen LogP contribution >= 0.6 is 15.9 Å². The Morgan fingerprint density at radius 3 is 2.89 bits per heavy atom. The summed E-state index contributed by atoms with van der Waals surface area (Å²) in [6, 6.07) is 5.10. The summed E-state index contributed by atoms with van der Waals surface area (Å²) in [6.07, 6.45) is 0.0923. The van der Waals surface area contributed by atoms with Gasteiger partial charge in [0, 0.05) is 11.0 Å². The molecule has 0 saturated carbocycles. The zero-order chi connectivity index (χ0) is 14.3. The zero-order valence-electron chi connectivity index (χ0n) is 11.1. The van der Waals surface area contributed by atoms with Crippen molar-refractivity contribution in [2.24, 2.45) is 0 Å². The Labute approximate surface area is 121 Å². The lowest BCUT2D eigenvalue weighted by atomic mass is 10.3. The average molecular weight is 331 g/mol. The molecule has 1 unspecified atom stereocenters. The molecule has 1 aromatic carbocycles. The van der Waals surface area contributed by atoms with Crippen molar-refractivity contribution in [1.29, 1.82) is 0 Å². The summed E-state index contributed by atoms with van der Waals surface area (Å²) in [5, 5.41) is 14.5. The number of carbonyl (C=O) groups is 1. The molecule has 0 radical (unpaired) electrons. The Morgan fingerprint density at radius 1 is 1.53 bits per heavy atom. The largest absolute Gasteiger partial charge is 0.492 e. The first kappa shape index (κ1) is 15.8. The van der Waals surface area contributed by atoms with Crippen LogP contribution in [0.1, 0.15) is 20.3 Å². The van der Waals surface area contributed by atoms with Gasteiger partial charge in [-0.15, -0.1) is 0 Å². The Kier molecular flexibility index (Phi) is 6.66. The molecule has 0 aromatic heterocycles. The van der Waals surface area contributed by atoms with Gasteiger partial charge < -0.3 is 20.5 Å². The van der Waals surface area contributed by atoms with Gasteiger partial charge in [0.05, 0.1) is 18.4 Å². The normalized spacial score (nSPS) is 11.8. The molecule has 0 saturated heterocycles. The first-order valence-electron chi connectivity index (χ1n) is 6.18. The van der Waals surface area contributed by atoms with Crippen molar-refractivity contribution in [2.75, 3.05) is 18.5 Å². The number of aliphatic hydroxyl groups excluding tert-OH is 1. The molecule has 1 rings (SSSR count). The number of aliphatic hydroxyl groups is 1. The summed E-state index contributed by atoms with van der Waals surface area (Å²) >= 11 is 3.35. The summed E-state index contributed by atoms with van der Waals surface area (Å²) in [5.41, 5.74) is 0.603. The fourth-order valence-corrected chi connectivity index (χ4v) is 1.80. The van der Waals surface area contributed by atoms with E-state index in [1.165, 1.54) is 0 Å². The van der Waals surface area contributed by atoms with Crippen LogP contribution in [0.2, 0.25) is 0 Å². The van der Waals surface area contributed by atoms with Crippen LogP contribution in [0, 0.1) is 0 Å². The van der Waals surface area contributed by atoms with Crippen LogP contribution in [0.4, 0.5) is 10.5 Å². The van der Waals surface area contributed by atoms with Crippen molar-refractivity contribution in [2.45, 2.75) is 26.4 Å². The fraction of sp³-hybridized carbons (Fsp3) is 0.462. The minimum absolute atomic E-state index is 0.320. The Morgan fingerprint density at radius 2 is 2.26 bits per heavy atom. The number of urea groups is 1. The first-order chi connectivity index (χ1) is 9.02. The Balaban J connectivity index is 2.59. The van der Waals surface area contributed by atoms with Crippen molar-refractivity contribution >= 4 is 27.6 Å². The third-order valence-corrected chi connectivity index (χ3v) is 2.83. The number of rotatable bonds is 6. The van der Waals surface area contributed by atoms with Crippen LogP contribution in [-0.4, -0.2) is 30.4 Å². The third-order valence-electron chi connectivity index (χ3n) is 2.34. The number of nitrogens with one attached hydrogen (secondary N) is 2. The number of benzene rings is 1. The number of halogens is 1. The quantitative estimate of drug-likeness (QED) is 0.751. The summed E-state index contributed by atoms with van der Waals surface area (Å²) in [4.78, 5) is 11.7. The van der Waals surface area contributed by atoms with E-state index in [9.17, 15) is 4.79 Å². The third kappa shape index (κ3) is 5.94. The first-order valence-corrected chi connectivity index (χ1v) is 6.97. The number of hydrogen-bond donors (Lipinski definition) is 3. The molecule has 19 heavy (non-hydrogen) atoms. The molecule has 3 N–H and O–H groups in total. The van der Waals surface area contributed by atoms with Crippen LogP contribution in [0.15, 0.2) is 22.7 Å². The number of ether oxygens (including phenoxy) is 1. The zero-order valence-corrected chi connectivity index (χ0v) is 12.7. The highest BCUT2D eigenvalue weighted by atomic mass is 79.9. The highest BCUT2D eigenvalue weighted by molar-refractivity contribution is 9.10. The molecule has 5 nitrogen and oxygen atoms in total. The summed E-state index contributed by atoms with van der Waals surface area (Å²) in [5.74, 6) is 0.622. The van der Waals surface area contributed by atoms with E-state index in [0.29, 0.717) is 31.0 Å². The topological polar surface area (TPSA) is 70.6 Å². The molecule has 106 valence electrons. The average Bonchev–Trinajstić information content (AvgIpc) is 2.32. The maximum absolute atomic E-state index is 11.7. The van der Waals surface area contributed by atoms with Crippen LogP contribution in [0.3, 0.4) is 0 Å². The van der Waals surface area contributed by atoms with Crippen molar-refractivity contribution in [3.63, 3.8) is 0 Å². The number of hydrogen-bond acceptors (Lipinski definition) is 3. The van der Waals surface area contributed by atoms with Crippen molar-refractivity contribution in [3.05, 3.63) is 22.7 Å². The van der Waals surface area contributed by atoms with Gasteiger partial charge in [-0.05, 0) is 38.5 Å². The minimum atomic E-state index is -0.426. The SMILES string of the molecule is CCOc1ccc(Br)cc1NC(=O)NCCC(C)O. The lowest BCUT2D eigenvalue weighted by molar-refractivity contribution is 0.184. The monoisotopic (exact) mass is 330 g/mol. The maximum Gasteiger partial charge on any atom is 0.319 e. The number of anilines is 1. The van der Waals surface area contributed by atoms with Crippen molar-refractivity contribution in [3.8, 4) is 5.75 Å². The lowest BCUT2D eigenvalue weighted by Gasteiger charge is -2.13. The minimum Gasteiger partial charge on any atom is -0.492 e. The van der Waals surface area contributed by atoms with Crippen LogP contribution < -0.4 is 15.4 Å². The van der Waals surface area contributed by atoms with Gasteiger partial charge in [0.1, 0.15) is 5.75 Å². The predicted octanol–water partition coefficient (Wildman–Crippen LogP) is 2.74. The molecular formula is C13H19BrN2O3. The molecular weight excluding hydrogens is 312 g/mol. The Bertz CT molecular complexity index is 424. The molecule has 6 heteroatoms. The second kappa shape index (κ2) is 8.01. The molecule has 0 bridgehead atoms. The van der Waals surface area contributed by atoms with E-state index in [4.69, 9.17) is 9.84 Å². The molecule has 0 heterocycles. The van der Waals surface area contributed by atoms with E-state index in [0.717, 1.165) is 4.47 Å².